The number of rotatable bonds is 48. The molecular formula is C56H100O6. The van der Waals surface area contributed by atoms with Gasteiger partial charge in [-0.15, -0.1) is 0 Å². The topological polar surface area (TPSA) is 78.9 Å². The molecule has 6 heteroatoms. The summed E-state index contributed by atoms with van der Waals surface area (Å²) < 4.78 is 16.8. The Morgan fingerprint density at radius 2 is 0.629 bits per heavy atom. The molecule has 6 nitrogen and oxygen atoms in total. The number of carbonyl (C=O) groups is 3. The smallest absolute Gasteiger partial charge is 0.306 e. The summed E-state index contributed by atoms with van der Waals surface area (Å²) in [6, 6.07) is 0. The number of esters is 3. The van der Waals surface area contributed by atoms with Crippen molar-refractivity contribution < 1.29 is 28.6 Å². The van der Waals surface area contributed by atoms with E-state index >= 15 is 0 Å². The molecule has 0 saturated heterocycles. The average Bonchev–Trinajstić information content (AvgIpc) is 3.27. The molecule has 0 N–H and O–H groups in total. The van der Waals surface area contributed by atoms with E-state index in [0.29, 0.717) is 19.3 Å². The lowest BCUT2D eigenvalue weighted by Crippen LogP contribution is -2.30. The van der Waals surface area contributed by atoms with E-state index in [9.17, 15) is 14.4 Å². The highest BCUT2D eigenvalue weighted by atomic mass is 16.6. The fraction of sp³-hybridized carbons (Fsp3) is 0.804. The third-order valence-electron chi connectivity index (χ3n) is 11.6. The van der Waals surface area contributed by atoms with Crippen molar-refractivity contribution in [3.05, 3.63) is 48.6 Å². The number of allylic oxidation sites excluding steroid dienone is 8. The standard InChI is InChI=1S/C56H100O6/c1-4-7-10-13-16-19-22-24-26-27-28-30-31-34-37-40-43-46-49-55(58)61-52-53(51-60-54(57)48-45-42-39-36-33-21-18-15-12-9-6-3)62-56(59)50-47-44-41-38-35-32-29-25-23-20-17-14-11-8-5-2/h8,11,17,20,25-27,29,53H,4-7,9-10,12-16,18-19,21-24,28,30-52H2,1-3H3/b11-8-,20-17-,27-26-,29-25-. The van der Waals surface area contributed by atoms with E-state index in [2.05, 4.69) is 69.4 Å². The third-order valence-corrected chi connectivity index (χ3v) is 11.6. The van der Waals surface area contributed by atoms with Gasteiger partial charge in [0.15, 0.2) is 6.10 Å². The SMILES string of the molecule is CC/C=C\C/C=C\C/C=C\CCCCCCCC(=O)OC(COC(=O)CCCCCCCCC/C=C\CCCCCCCCC)COC(=O)CCCCCCCCCCCCC. The van der Waals surface area contributed by atoms with Gasteiger partial charge in [0, 0.05) is 19.3 Å². The first-order chi connectivity index (χ1) is 30.5. The Labute approximate surface area is 384 Å². The van der Waals surface area contributed by atoms with Gasteiger partial charge in [0.25, 0.3) is 0 Å². The van der Waals surface area contributed by atoms with E-state index in [0.717, 1.165) is 96.3 Å². The molecule has 1 atom stereocenters. The van der Waals surface area contributed by atoms with Crippen LogP contribution in [0.3, 0.4) is 0 Å². The summed E-state index contributed by atoms with van der Waals surface area (Å²) in [5.41, 5.74) is 0. The second-order valence-electron chi connectivity index (χ2n) is 17.8. The molecule has 0 spiro atoms. The molecule has 0 amide bonds. The Balaban J connectivity index is 4.35. The summed E-state index contributed by atoms with van der Waals surface area (Å²) in [4.78, 5) is 38.0. The quantitative estimate of drug-likeness (QED) is 0.0262. The average molecular weight is 869 g/mol. The predicted molar refractivity (Wildman–Crippen MR) is 265 cm³/mol. The first-order valence-electron chi connectivity index (χ1n) is 26.6. The summed E-state index contributed by atoms with van der Waals surface area (Å²) in [5, 5.41) is 0. The second-order valence-corrected chi connectivity index (χ2v) is 17.8. The lowest BCUT2D eigenvalue weighted by molar-refractivity contribution is -0.167. The van der Waals surface area contributed by atoms with Crippen LogP contribution in [0.15, 0.2) is 48.6 Å². The highest BCUT2D eigenvalue weighted by Crippen LogP contribution is 2.15. The molecule has 1 unspecified atom stereocenters. The van der Waals surface area contributed by atoms with E-state index in [4.69, 9.17) is 14.2 Å². The molecule has 360 valence electrons. The monoisotopic (exact) mass is 869 g/mol. The maximum Gasteiger partial charge on any atom is 0.306 e. The van der Waals surface area contributed by atoms with Crippen LogP contribution in [0.1, 0.15) is 271 Å². The predicted octanol–water partition coefficient (Wildman–Crippen LogP) is 17.5. The largest absolute Gasteiger partial charge is 0.462 e. The number of unbranched alkanes of at least 4 members (excludes halogenated alkanes) is 29. The Morgan fingerprint density at radius 3 is 1.00 bits per heavy atom. The molecule has 0 saturated carbocycles. The van der Waals surface area contributed by atoms with Crippen LogP contribution in [-0.4, -0.2) is 37.2 Å². The first kappa shape index (κ1) is 59.4. The normalized spacial score (nSPS) is 12.4. The molecule has 0 bridgehead atoms. The Bertz CT molecular complexity index is 1090. The summed E-state index contributed by atoms with van der Waals surface area (Å²) in [6.45, 7) is 6.52. The van der Waals surface area contributed by atoms with Crippen LogP contribution in [0.5, 0.6) is 0 Å². The van der Waals surface area contributed by atoms with Crippen LogP contribution in [0, 0.1) is 0 Å². The third kappa shape index (κ3) is 48.4. The molecule has 0 fully saturated rings. The lowest BCUT2D eigenvalue weighted by atomic mass is 10.1. The number of hydrogen-bond acceptors (Lipinski definition) is 6. The number of ether oxygens (including phenoxy) is 3. The van der Waals surface area contributed by atoms with Gasteiger partial charge >= 0.3 is 17.9 Å². The van der Waals surface area contributed by atoms with E-state index in [1.54, 1.807) is 0 Å². The van der Waals surface area contributed by atoms with Gasteiger partial charge in [0.05, 0.1) is 0 Å². The van der Waals surface area contributed by atoms with Crippen molar-refractivity contribution in [3.63, 3.8) is 0 Å². The maximum atomic E-state index is 12.8. The summed E-state index contributed by atoms with van der Waals surface area (Å²) >= 11 is 0. The number of hydrogen-bond donors (Lipinski definition) is 0. The van der Waals surface area contributed by atoms with Crippen molar-refractivity contribution in [2.24, 2.45) is 0 Å². The van der Waals surface area contributed by atoms with Gasteiger partial charge in [0.1, 0.15) is 13.2 Å². The van der Waals surface area contributed by atoms with Gasteiger partial charge in [-0.25, -0.2) is 0 Å². The molecule has 0 aromatic rings. The van der Waals surface area contributed by atoms with Gasteiger partial charge < -0.3 is 14.2 Å². The molecular weight excluding hydrogens is 769 g/mol. The van der Waals surface area contributed by atoms with Crippen LogP contribution >= 0.6 is 0 Å². The minimum Gasteiger partial charge on any atom is -0.462 e. The molecule has 0 radical (unpaired) electrons. The van der Waals surface area contributed by atoms with Crippen molar-refractivity contribution >= 4 is 17.9 Å². The molecule has 0 aromatic heterocycles. The zero-order chi connectivity index (χ0) is 45.1. The Kier molecular flexibility index (Phi) is 48.8. The number of carbonyl (C=O) groups excluding carboxylic acids is 3. The van der Waals surface area contributed by atoms with Gasteiger partial charge in [-0.05, 0) is 77.0 Å². The maximum absolute atomic E-state index is 12.8. The van der Waals surface area contributed by atoms with Crippen LogP contribution in [0.4, 0.5) is 0 Å². The minimum atomic E-state index is -0.780. The van der Waals surface area contributed by atoms with Gasteiger partial charge in [-0.3, -0.25) is 14.4 Å². The highest BCUT2D eigenvalue weighted by Gasteiger charge is 2.19. The van der Waals surface area contributed by atoms with Gasteiger partial charge in [-0.1, -0.05) is 223 Å². The highest BCUT2D eigenvalue weighted by molar-refractivity contribution is 5.71. The van der Waals surface area contributed by atoms with E-state index < -0.39 is 6.10 Å². The van der Waals surface area contributed by atoms with Crippen LogP contribution < -0.4 is 0 Å². The van der Waals surface area contributed by atoms with Crippen LogP contribution in [0.25, 0.3) is 0 Å². The van der Waals surface area contributed by atoms with E-state index in [1.165, 1.54) is 135 Å². The fourth-order valence-corrected chi connectivity index (χ4v) is 7.57. The van der Waals surface area contributed by atoms with Crippen molar-refractivity contribution in [1.29, 1.82) is 0 Å². The first-order valence-corrected chi connectivity index (χ1v) is 26.6. The van der Waals surface area contributed by atoms with E-state index in [-0.39, 0.29) is 31.1 Å². The van der Waals surface area contributed by atoms with Crippen LogP contribution in [0.2, 0.25) is 0 Å². The summed E-state index contributed by atoms with van der Waals surface area (Å²) in [5.74, 6) is -0.893. The fourth-order valence-electron chi connectivity index (χ4n) is 7.57. The van der Waals surface area contributed by atoms with Crippen molar-refractivity contribution in [3.8, 4) is 0 Å². The van der Waals surface area contributed by atoms with E-state index in [1.807, 2.05) is 0 Å². The van der Waals surface area contributed by atoms with Gasteiger partial charge in [0.2, 0.25) is 0 Å². The molecule has 0 aromatic carbocycles. The molecule has 0 aliphatic carbocycles. The summed E-state index contributed by atoms with van der Waals surface area (Å²) in [6.07, 6.45) is 60.9. The lowest BCUT2D eigenvalue weighted by Gasteiger charge is -2.18. The Morgan fingerprint density at radius 1 is 0.339 bits per heavy atom. The molecule has 0 aliphatic heterocycles. The van der Waals surface area contributed by atoms with Gasteiger partial charge in [-0.2, -0.15) is 0 Å². The van der Waals surface area contributed by atoms with Crippen molar-refractivity contribution in [2.75, 3.05) is 13.2 Å². The zero-order valence-electron chi connectivity index (χ0n) is 41.1. The molecule has 62 heavy (non-hydrogen) atoms. The van der Waals surface area contributed by atoms with Crippen molar-refractivity contribution in [2.45, 2.75) is 277 Å². The van der Waals surface area contributed by atoms with Crippen molar-refractivity contribution in [1.82, 2.24) is 0 Å². The summed E-state index contributed by atoms with van der Waals surface area (Å²) in [7, 11) is 0. The molecule has 0 rings (SSSR count). The molecule has 0 heterocycles. The Hall–Kier alpha value is -2.63. The second kappa shape index (κ2) is 51.0. The zero-order valence-corrected chi connectivity index (χ0v) is 41.1. The minimum absolute atomic E-state index is 0.0793. The molecule has 0 aliphatic rings. The van der Waals surface area contributed by atoms with Crippen LogP contribution in [-0.2, 0) is 28.6 Å².